The second-order valence-electron chi connectivity index (χ2n) is 16.3. The molecule has 2 aromatic carbocycles. The summed E-state index contributed by atoms with van der Waals surface area (Å²) in [5, 5.41) is 8.34. The zero-order valence-electron chi connectivity index (χ0n) is 35.6. The van der Waals surface area contributed by atoms with E-state index in [1.807, 2.05) is 52.9 Å². The summed E-state index contributed by atoms with van der Waals surface area (Å²) in [6, 6.07) is 11.9. The predicted molar refractivity (Wildman–Crippen MR) is 235 cm³/mol. The minimum absolute atomic E-state index is 0.110. The van der Waals surface area contributed by atoms with Crippen molar-refractivity contribution in [3.05, 3.63) is 93.5 Å². The van der Waals surface area contributed by atoms with E-state index in [-0.39, 0.29) is 35.9 Å². The molecule has 3 aromatic rings. The van der Waals surface area contributed by atoms with Crippen molar-refractivity contribution in [1.82, 2.24) is 30.1 Å². The molecule has 1 aliphatic carbocycles. The van der Waals surface area contributed by atoms with E-state index < -0.39 is 57.7 Å². The number of sulfonamides is 1. The average molecular weight is 864 g/mol. The second-order valence-corrected chi connectivity index (χ2v) is 18.9. The third kappa shape index (κ3) is 11.8. The summed E-state index contributed by atoms with van der Waals surface area (Å²) < 4.78 is 34.6. The fourth-order valence-electron chi connectivity index (χ4n) is 8.19. The number of nitrogen functional groups attached to an aromatic ring is 1. The molecule has 1 fully saturated rings. The first-order chi connectivity index (χ1) is 28.5. The molecular weight excluding hydrogens is 803 g/mol. The number of rotatable bonds is 18. The Labute approximate surface area is 358 Å². The minimum atomic E-state index is -4.05. The van der Waals surface area contributed by atoms with Crippen LogP contribution in [0, 0.1) is 5.92 Å². The lowest BCUT2D eigenvalue weighted by atomic mass is 9.79. The largest absolute Gasteiger partial charge is 0.399 e. The van der Waals surface area contributed by atoms with Gasteiger partial charge in [0.1, 0.15) is 22.8 Å². The number of benzene rings is 2. The summed E-state index contributed by atoms with van der Waals surface area (Å²) in [4.78, 5) is 63.5. The van der Waals surface area contributed by atoms with Crippen molar-refractivity contribution in [3.63, 3.8) is 0 Å². The zero-order valence-corrected chi connectivity index (χ0v) is 37.2. The van der Waals surface area contributed by atoms with Crippen molar-refractivity contribution < 1.29 is 32.3 Å². The standard InChI is InChI=1S/C44H61N7O7S2/c1-8-28(5)39(48-42(54)36-19-12-13-20-50(36)6)44(55)51(7)37(27(3)4)24-38(58-9-2)43-47-35(25-59-43)41(53)46-32-22-30-16-10-11-18-33(30)34(23-32)40(52)49-60(56,57)26-29-15-14-17-31(45)21-29/h10-11,14-18,21,25,28,32,34,36-39H,3,8-9,12-13,19-20,22-24,26,45H2,1-2,4-7H3,(H,46,53)(H,48,54)(H,49,52)/t28-,32?,34+,36+,37+,38+,39-/m0/s1. The molecule has 4 amide bonds. The van der Waals surface area contributed by atoms with Gasteiger partial charge in [0.05, 0.1) is 23.8 Å². The highest BCUT2D eigenvalue weighted by atomic mass is 32.2. The molecule has 2 aliphatic rings. The van der Waals surface area contributed by atoms with Crippen molar-refractivity contribution in [2.75, 3.05) is 33.0 Å². The third-order valence-electron chi connectivity index (χ3n) is 11.7. The van der Waals surface area contributed by atoms with E-state index in [0.29, 0.717) is 47.7 Å². The topological polar surface area (TPSA) is 193 Å². The number of nitrogens with one attached hydrogen (secondary N) is 3. The lowest BCUT2D eigenvalue weighted by Crippen LogP contribution is -2.57. The van der Waals surface area contributed by atoms with E-state index in [1.54, 1.807) is 47.7 Å². The maximum atomic E-state index is 14.2. The van der Waals surface area contributed by atoms with E-state index in [4.69, 9.17) is 15.5 Å². The highest BCUT2D eigenvalue weighted by molar-refractivity contribution is 7.89. The summed E-state index contributed by atoms with van der Waals surface area (Å²) in [6.45, 7) is 13.1. The van der Waals surface area contributed by atoms with Crippen molar-refractivity contribution in [2.45, 2.75) is 115 Å². The molecule has 0 spiro atoms. The van der Waals surface area contributed by atoms with Crippen LogP contribution in [-0.2, 0) is 41.3 Å². The summed E-state index contributed by atoms with van der Waals surface area (Å²) >= 11 is 1.27. The van der Waals surface area contributed by atoms with Crippen molar-refractivity contribution in [2.24, 2.45) is 5.92 Å². The van der Waals surface area contributed by atoms with Gasteiger partial charge in [0.25, 0.3) is 5.91 Å². The van der Waals surface area contributed by atoms with Crippen molar-refractivity contribution in [3.8, 4) is 0 Å². The molecule has 1 saturated heterocycles. The Hall–Kier alpha value is -4.64. The minimum Gasteiger partial charge on any atom is -0.399 e. The number of likely N-dealkylation sites (tertiary alicyclic amines) is 1. The zero-order chi connectivity index (χ0) is 43.7. The van der Waals surface area contributed by atoms with Gasteiger partial charge in [-0.2, -0.15) is 0 Å². The predicted octanol–water partition coefficient (Wildman–Crippen LogP) is 5.09. The number of fused-ring (bicyclic) bond motifs is 1. The Morgan fingerprint density at radius 2 is 1.85 bits per heavy atom. The maximum absolute atomic E-state index is 14.2. The first kappa shape index (κ1) is 46.4. The van der Waals surface area contributed by atoms with Gasteiger partial charge in [0, 0.05) is 37.2 Å². The molecule has 0 saturated carbocycles. The first-order valence-corrected chi connectivity index (χ1v) is 23.3. The lowest BCUT2D eigenvalue weighted by molar-refractivity contribution is -0.140. The van der Waals surface area contributed by atoms with Crippen LogP contribution in [0.5, 0.6) is 0 Å². The van der Waals surface area contributed by atoms with Gasteiger partial charge in [-0.15, -0.1) is 11.3 Å². The number of aromatic nitrogens is 1. The summed E-state index contributed by atoms with van der Waals surface area (Å²) in [5.74, 6) is -2.81. The van der Waals surface area contributed by atoms with Gasteiger partial charge < -0.3 is 26.0 Å². The van der Waals surface area contributed by atoms with Crippen molar-refractivity contribution in [1.29, 1.82) is 0 Å². The highest BCUT2D eigenvalue weighted by Crippen LogP contribution is 2.34. The van der Waals surface area contributed by atoms with E-state index in [0.717, 1.165) is 36.9 Å². The molecule has 7 atom stereocenters. The quantitative estimate of drug-likeness (QED) is 0.0990. The average Bonchev–Trinajstić information content (AvgIpc) is 3.70. The number of piperidine rings is 1. The summed E-state index contributed by atoms with van der Waals surface area (Å²) in [6.07, 6.45) is 3.83. The van der Waals surface area contributed by atoms with Gasteiger partial charge in [-0.05, 0) is 87.9 Å². The molecule has 60 heavy (non-hydrogen) atoms. The van der Waals surface area contributed by atoms with Gasteiger partial charge in [-0.1, -0.05) is 75.2 Å². The molecule has 16 heteroatoms. The van der Waals surface area contributed by atoms with Gasteiger partial charge in [0.2, 0.25) is 27.7 Å². The second kappa shape index (κ2) is 20.8. The number of likely N-dealkylation sites (N-methyl/N-ethyl adjacent to an activating group) is 2. The number of amides is 4. The van der Waals surface area contributed by atoms with E-state index in [2.05, 4.69) is 26.8 Å². The third-order valence-corrected chi connectivity index (χ3v) is 13.9. The summed E-state index contributed by atoms with van der Waals surface area (Å²) in [5.41, 5.74) is 9.15. The number of hydrogen-bond donors (Lipinski definition) is 4. The van der Waals surface area contributed by atoms with Crippen LogP contribution in [0.3, 0.4) is 0 Å². The molecule has 1 aliphatic heterocycles. The Balaban J connectivity index is 1.27. The Morgan fingerprint density at radius 1 is 1.10 bits per heavy atom. The van der Waals surface area contributed by atoms with Crippen LogP contribution in [-0.4, -0.2) is 98.2 Å². The Bertz CT molecular complexity index is 2130. The van der Waals surface area contributed by atoms with E-state index >= 15 is 0 Å². The Kier molecular flexibility index (Phi) is 16.1. The lowest BCUT2D eigenvalue weighted by Gasteiger charge is -2.37. The molecule has 2 heterocycles. The SMILES string of the molecule is C=C(C)[C@@H](C[C@@H](OCC)c1nc(C(=O)NC2Cc3ccccc3[C@H](C(=O)NS(=O)(=O)Cc3cccc(N)c3)C2)cs1)N(C)C(=O)[C@@H](NC(=O)[C@H]1CCCCN1C)[C@@H](C)CC. The van der Waals surface area contributed by atoms with Crippen molar-refractivity contribution >= 4 is 50.7 Å². The number of thiazole rings is 1. The highest BCUT2D eigenvalue weighted by Gasteiger charge is 2.37. The molecule has 1 aromatic heterocycles. The number of hydrogen-bond acceptors (Lipinski definition) is 11. The number of carbonyl (C=O) groups excluding carboxylic acids is 4. The van der Waals surface area contributed by atoms with Gasteiger partial charge in [-0.25, -0.2) is 13.4 Å². The van der Waals surface area contributed by atoms with Crippen LogP contribution in [0.2, 0.25) is 0 Å². The van der Waals surface area contributed by atoms with Crippen LogP contribution < -0.4 is 21.1 Å². The molecule has 14 nitrogen and oxygen atoms in total. The van der Waals surface area contributed by atoms with Crippen LogP contribution in [0.15, 0.2) is 66.1 Å². The molecule has 5 rings (SSSR count). The van der Waals surface area contributed by atoms with Crippen LogP contribution >= 0.6 is 11.3 Å². The molecular formula is C44H61N7O7S2. The van der Waals surface area contributed by atoms with Gasteiger partial charge in [-0.3, -0.25) is 28.8 Å². The maximum Gasteiger partial charge on any atom is 0.270 e. The molecule has 5 N–H and O–H groups in total. The summed E-state index contributed by atoms with van der Waals surface area (Å²) in [7, 11) is -0.376. The number of anilines is 1. The van der Waals surface area contributed by atoms with E-state index in [1.165, 1.54) is 11.3 Å². The number of ether oxygens (including phenoxy) is 1. The smallest absolute Gasteiger partial charge is 0.270 e. The molecule has 1 unspecified atom stereocenters. The van der Waals surface area contributed by atoms with Crippen LogP contribution in [0.25, 0.3) is 0 Å². The number of carbonyl (C=O) groups is 4. The van der Waals surface area contributed by atoms with Crippen LogP contribution in [0.1, 0.15) is 110 Å². The monoisotopic (exact) mass is 863 g/mol. The number of nitrogens with zero attached hydrogens (tertiary/aromatic N) is 3. The van der Waals surface area contributed by atoms with Crippen LogP contribution in [0.4, 0.5) is 5.69 Å². The Morgan fingerprint density at radius 3 is 2.53 bits per heavy atom. The molecule has 0 radical (unpaired) electrons. The molecule has 0 bridgehead atoms. The van der Waals surface area contributed by atoms with E-state index in [9.17, 15) is 27.6 Å². The fraction of sp³-hybridized carbons (Fsp3) is 0.523. The van der Waals surface area contributed by atoms with Gasteiger partial charge in [0.15, 0.2) is 0 Å². The van der Waals surface area contributed by atoms with Gasteiger partial charge >= 0.3 is 0 Å². The fourth-order valence-corrected chi connectivity index (χ4v) is 10.2. The normalized spacial score (nSPS) is 20.1. The molecule has 326 valence electrons. The first-order valence-electron chi connectivity index (χ1n) is 20.8. The number of nitrogens with two attached hydrogens (primary N) is 1.